The van der Waals surface area contributed by atoms with Gasteiger partial charge in [0.1, 0.15) is 10.7 Å². The fourth-order valence-electron chi connectivity index (χ4n) is 2.52. The van der Waals surface area contributed by atoms with E-state index in [0.29, 0.717) is 37.3 Å². The molecule has 1 aromatic carbocycles. The third-order valence-electron chi connectivity index (χ3n) is 4.25. The summed E-state index contributed by atoms with van der Waals surface area (Å²) in [6.45, 7) is 2.87. The minimum Gasteiger partial charge on any atom is -0.358 e. The van der Waals surface area contributed by atoms with E-state index >= 15 is 0 Å². The van der Waals surface area contributed by atoms with Gasteiger partial charge >= 0.3 is 0 Å². The molecule has 1 heterocycles. The molecule has 1 aromatic rings. The Balaban J connectivity index is 0.00000312. The number of rotatable bonds is 6. The quantitative estimate of drug-likeness (QED) is 0.786. The third kappa shape index (κ3) is 4.71. The first kappa shape index (κ1) is 21.4. The molecule has 140 valence electrons. The van der Waals surface area contributed by atoms with Crippen LogP contribution in [0.2, 0.25) is 0 Å². The van der Waals surface area contributed by atoms with Gasteiger partial charge in [0, 0.05) is 45.2 Å². The van der Waals surface area contributed by atoms with E-state index in [1.165, 1.54) is 0 Å². The standard InChI is InChI=1S/C16H24N4O3S.ClH/c1-12(11-17)20(3)15(21)9-6-10-19(2)16-13-7-4-5-8-14(13)24(22,23)18-16;/h4-5,7-8,12H,6,9-11,17H2,1-3H3;1H. The van der Waals surface area contributed by atoms with Crippen LogP contribution in [0.5, 0.6) is 0 Å². The summed E-state index contributed by atoms with van der Waals surface area (Å²) in [5, 5.41) is 0. The molecule has 25 heavy (non-hydrogen) atoms. The molecular weight excluding hydrogens is 364 g/mol. The molecule has 0 saturated heterocycles. The molecule has 0 bridgehead atoms. The molecule has 2 rings (SSSR count). The van der Waals surface area contributed by atoms with Crippen LogP contribution in [0.3, 0.4) is 0 Å². The van der Waals surface area contributed by atoms with Gasteiger partial charge in [0.05, 0.1) is 0 Å². The number of amides is 1. The van der Waals surface area contributed by atoms with Gasteiger partial charge in [-0.05, 0) is 25.5 Å². The third-order valence-corrected chi connectivity index (χ3v) is 5.58. The summed E-state index contributed by atoms with van der Waals surface area (Å²) >= 11 is 0. The van der Waals surface area contributed by atoms with Gasteiger partial charge in [0.2, 0.25) is 5.91 Å². The van der Waals surface area contributed by atoms with Gasteiger partial charge in [-0.1, -0.05) is 12.1 Å². The fourth-order valence-corrected chi connectivity index (χ4v) is 3.77. The molecule has 0 radical (unpaired) electrons. The van der Waals surface area contributed by atoms with Crippen LogP contribution in [0.4, 0.5) is 0 Å². The Morgan fingerprint density at radius 1 is 1.28 bits per heavy atom. The Morgan fingerprint density at radius 2 is 1.92 bits per heavy atom. The zero-order chi connectivity index (χ0) is 17.9. The van der Waals surface area contributed by atoms with Crippen molar-refractivity contribution < 1.29 is 13.2 Å². The van der Waals surface area contributed by atoms with E-state index in [1.54, 1.807) is 48.2 Å². The summed E-state index contributed by atoms with van der Waals surface area (Å²) in [6, 6.07) is 6.78. The molecule has 1 amide bonds. The number of carbonyl (C=O) groups excluding carboxylic acids is 1. The highest BCUT2D eigenvalue weighted by Gasteiger charge is 2.30. The summed E-state index contributed by atoms with van der Waals surface area (Å²) in [4.78, 5) is 15.7. The fraction of sp³-hybridized carbons (Fsp3) is 0.500. The van der Waals surface area contributed by atoms with Gasteiger partial charge in [0.15, 0.2) is 0 Å². The molecule has 0 fully saturated rings. The summed E-state index contributed by atoms with van der Waals surface area (Å²) < 4.78 is 28.0. The Labute approximate surface area is 155 Å². The van der Waals surface area contributed by atoms with Crippen LogP contribution in [0.15, 0.2) is 33.6 Å². The molecule has 0 aliphatic carbocycles. The number of halogens is 1. The molecule has 1 atom stereocenters. The minimum absolute atomic E-state index is 0. The number of likely N-dealkylation sites (N-methyl/N-ethyl adjacent to an activating group) is 1. The van der Waals surface area contributed by atoms with Gasteiger partial charge in [-0.25, -0.2) is 0 Å². The Kier molecular flexibility index (Phi) is 7.40. The number of carbonyl (C=O) groups is 1. The molecule has 0 aromatic heterocycles. The highest BCUT2D eigenvalue weighted by Crippen LogP contribution is 2.26. The smallest absolute Gasteiger partial charge is 0.285 e. The molecule has 0 spiro atoms. The molecular formula is C16H25ClN4O3S. The van der Waals surface area contributed by atoms with E-state index in [1.807, 2.05) is 6.92 Å². The van der Waals surface area contributed by atoms with Crippen molar-refractivity contribution >= 4 is 34.2 Å². The molecule has 0 saturated carbocycles. The van der Waals surface area contributed by atoms with Gasteiger partial charge < -0.3 is 15.5 Å². The van der Waals surface area contributed by atoms with Gasteiger partial charge in [0.25, 0.3) is 10.0 Å². The van der Waals surface area contributed by atoms with Crippen LogP contribution < -0.4 is 5.73 Å². The average Bonchev–Trinajstić information content (AvgIpc) is 2.85. The minimum atomic E-state index is -3.61. The second kappa shape index (κ2) is 8.64. The highest BCUT2D eigenvalue weighted by molar-refractivity contribution is 7.90. The highest BCUT2D eigenvalue weighted by atomic mass is 35.5. The van der Waals surface area contributed by atoms with Crippen LogP contribution in [-0.4, -0.2) is 63.2 Å². The Hall–Kier alpha value is -1.64. The lowest BCUT2D eigenvalue weighted by atomic mass is 10.2. The predicted molar refractivity (Wildman–Crippen MR) is 101 cm³/mol. The molecule has 1 aliphatic heterocycles. The van der Waals surface area contributed by atoms with Crippen LogP contribution in [-0.2, 0) is 14.8 Å². The van der Waals surface area contributed by atoms with Crippen molar-refractivity contribution in [1.29, 1.82) is 0 Å². The topological polar surface area (TPSA) is 96.1 Å². The van der Waals surface area contributed by atoms with Crippen molar-refractivity contribution in [3.63, 3.8) is 0 Å². The number of fused-ring (bicyclic) bond motifs is 1. The van der Waals surface area contributed by atoms with Crippen LogP contribution in [0.1, 0.15) is 25.3 Å². The first-order valence-corrected chi connectivity index (χ1v) is 9.33. The second-order valence-electron chi connectivity index (χ2n) is 6.00. The lowest BCUT2D eigenvalue weighted by Crippen LogP contribution is -2.40. The Bertz CT molecular complexity index is 752. The first-order chi connectivity index (χ1) is 11.3. The molecule has 2 N–H and O–H groups in total. The van der Waals surface area contributed by atoms with Gasteiger partial charge in [-0.15, -0.1) is 16.8 Å². The van der Waals surface area contributed by atoms with E-state index in [9.17, 15) is 13.2 Å². The van der Waals surface area contributed by atoms with Crippen LogP contribution in [0, 0.1) is 0 Å². The van der Waals surface area contributed by atoms with Gasteiger partial charge in [-0.2, -0.15) is 8.42 Å². The largest absolute Gasteiger partial charge is 0.358 e. The number of amidine groups is 1. The summed E-state index contributed by atoms with van der Waals surface area (Å²) in [5.74, 6) is 0.462. The van der Waals surface area contributed by atoms with E-state index < -0.39 is 10.0 Å². The van der Waals surface area contributed by atoms with E-state index in [0.717, 1.165) is 0 Å². The summed E-state index contributed by atoms with van der Waals surface area (Å²) in [5.41, 5.74) is 6.18. The van der Waals surface area contributed by atoms with Crippen molar-refractivity contribution in [2.45, 2.75) is 30.7 Å². The molecule has 1 unspecified atom stereocenters. The first-order valence-electron chi connectivity index (χ1n) is 7.89. The van der Waals surface area contributed by atoms with E-state index in [-0.39, 0.29) is 29.3 Å². The predicted octanol–water partition coefficient (Wildman–Crippen LogP) is 1.07. The van der Waals surface area contributed by atoms with Crippen molar-refractivity contribution in [2.24, 2.45) is 10.1 Å². The lowest BCUT2D eigenvalue weighted by Gasteiger charge is -2.24. The maximum absolute atomic E-state index is 12.1. The van der Waals surface area contributed by atoms with Crippen LogP contribution in [0.25, 0.3) is 0 Å². The maximum Gasteiger partial charge on any atom is 0.285 e. The average molecular weight is 389 g/mol. The van der Waals surface area contributed by atoms with E-state index in [4.69, 9.17) is 5.73 Å². The number of sulfonamides is 1. The van der Waals surface area contributed by atoms with E-state index in [2.05, 4.69) is 4.40 Å². The monoisotopic (exact) mass is 388 g/mol. The van der Waals surface area contributed by atoms with Crippen LogP contribution >= 0.6 is 12.4 Å². The number of nitrogens with two attached hydrogens (primary N) is 1. The number of hydrogen-bond donors (Lipinski definition) is 1. The normalized spacial score (nSPS) is 15.6. The molecule has 1 aliphatic rings. The van der Waals surface area contributed by atoms with Gasteiger partial charge in [-0.3, -0.25) is 4.79 Å². The second-order valence-corrected chi connectivity index (χ2v) is 7.57. The molecule has 9 heteroatoms. The number of hydrogen-bond acceptors (Lipinski definition) is 5. The number of benzene rings is 1. The van der Waals surface area contributed by atoms with Crippen molar-refractivity contribution in [3.05, 3.63) is 29.8 Å². The lowest BCUT2D eigenvalue weighted by molar-refractivity contribution is -0.131. The summed E-state index contributed by atoms with van der Waals surface area (Å²) in [7, 11) is -0.0836. The number of nitrogens with zero attached hydrogens (tertiary/aromatic N) is 3. The summed E-state index contributed by atoms with van der Waals surface area (Å²) in [6.07, 6.45) is 0.991. The van der Waals surface area contributed by atoms with Crippen molar-refractivity contribution in [3.8, 4) is 0 Å². The SMILES string of the molecule is CC(CN)N(C)C(=O)CCCN(C)C1=NS(=O)(=O)c2ccccc21.Cl. The van der Waals surface area contributed by atoms with Crippen molar-refractivity contribution in [1.82, 2.24) is 9.80 Å². The maximum atomic E-state index is 12.1. The van der Waals surface area contributed by atoms with Crippen molar-refractivity contribution in [2.75, 3.05) is 27.2 Å². The Morgan fingerprint density at radius 3 is 2.56 bits per heavy atom. The zero-order valence-corrected chi connectivity index (χ0v) is 16.3. The zero-order valence-electron chi connectivity index (χ0n) is 14.7. The molecule has 7 nitrogen and oxygen atoms in total.